The highest BCUT2D eigenvalue weighted by molar-refractivity contribution is 14.1. The standard InChI is InChI=1S/C17H20INO/c1-17(2,3)19-12-13-4-8-15(9-5-13)20-16-10-6-14(18)7-11-16/h4-11,19H,12H2,1-3H3. The minimum absolute atomic E-state index is 0.135. The molecule has 0 aliphatic carbocycles. The Morgan fingerprint density at radius 2 is 1.40 bits per heavy atom. The highest BCUT2D eigenvalue weighted by Crippen LogP contribution is 2.22. The predicted molar refractivity (Wildman–Crippen MR) is 92.3 cm³/mol. The van der Waals surface area contributed by atoms with E-state index in [0.29, 0.717) is 0 Å². The van der Waals surface area contributed by atoms with Gasteiger partial charge in [-0.15, -0.1) is 0 Å². The van der Waals surface area contributed by atoms with Gasteiger partial charge in [0.25, 0.3) is 0 Å². The van der Waals surface area contributed by atoms with E-state index in [4.69, 9.17) is 4.74 Å². The monoisotopic (exact) mass is 381 g/mol. The molecule has 0 amide bonds. The van der Waals surface area contributed by atoms with E-state index in [1.165, 1.54) is 9.13 Å². The molecular weight excluding hydrogens is 361 g/mol. The Bertz CT molecular complexity index is 541. The van der Waals surface area contributed by atoms with Crippen LogP contribution in [0.2, 0.25) is 0 Å². The molecule has 0 spiro atoms. The molecule has 0 atom stereocenters. The first-order valence-electron chi connectivity index (χ1n) is 6.70. The fourth-order valence-corrected chi connectivity index (χ4v) is 2.04. The Kier molecular flexibility index (Phi) is 5.05. The molecule has 0 saturated heterocycles. The van der Waals surface area contributed by atoms with E-state index in [1.54, 1.807) is 0 Å². The minimum atomic E-state index is 0.135. The second-order valence-electron chi connectivity index (χ2n) is 5.80. The van der Waals surface area contributed by atoms with E-state index < -0.39 is 0 Å². The lowest BCUT2D eigenvalue weighted by Crippen LogP contribution is -2.34. The van der Waals surface area contributed by atoms with Crippen molar-refractivity contribution in [3.63, 3.8) is 0 Å². The maximum atomic E-state index is 5.81. The smallest absolute Gasteiger partial charge is 0.127 e. The average molecular weight is 381 g/mol. The summed E-state index contributed by atoms with van der Waals surface area (Å²) in [5.41, 5.74) is 1.39. The average Bonchev–Trinajstić information content (AvgIpc) is 2.40. The summed E-state index contributed by atoms with van der Waals surface area (Å²) in [5.74, 6) is 1.73. The summed E-state index contributed by atoms with van der Waals surface area (Å²) in [5, 5.41) is 3.47. The van der Waals surface area contributed by atoms with Crippen molar-refractivity contribution in [2.24, 2.45) is 0 Å². The number of rotatable bonds is 4. The number of hydrogen-bond donors (Lipinski definition) is 1. The van der Waals surface area contributed by atoms with E-state index in [9.17, 15) is 0 Å². The lowest BCUT2D eigenvalue weighted by Gasteiger charge is -2.20. The molecule has 1 N–H and O–H groups in total. The van der Waals surface area contributed by atoms with Crippen LogP contribution in [0.5, 0.6) is 11.5 Å². The first-order chi connectivity index (χ1) is 9.42. The predicted octanol–water partition coefficient (Wildman–Crippen LogP) is 4.97. The van der Waals surface area contributed by atoms with E-state index in [-0.39, 0.29) is 5.54 Å². The lowest BCUT2D eigenvalue weighted by atomic mass is 10.1. The van der Waals surface area contributed by atoms with Crippen LogP contribution in [0, 0.1) is 3.57 Å². The summed E-state index contributed by atoms with van der Waals surface area (Å²) in [6, 6.07) is 16.3. The second-order valence-corrected chi connectivity index (χ2v) is 7.05. The summed E-state index contributed by atoms with van der Waals surface area (Å²) in [7, 11) is 0. The van der Waals surface area contributed by atoms with Crippen LogP contribution in [0.3, 0.4) is 0 Å². The molecule has 0 unspecified atom stereocenters. The van der Waals surface area contributed by atoms with Gasteiger partial charge in [-0.2, -0.15) is 0 Å². The zero-order valence-electron chi connectivity index (χ0n) is 12.1. The van der Waals surface area contributed by atoms with Crippen molar-refractivity contribution in [2.75, 3.05) is 0 Å². The van der Waals surface area contributed by atoms with Crippen LogP contribution in [-0.4, -0.2) is 5.54 Å². The molecule has 0 fully saturated rings. The third-order valence-corrected chi connectivity index (χ3v) is 3.51. The van der Waals surface area contributed by atoms with Crippen molar-refractivity contribution in [1.29, 1.82) is 0 Å². The molecule has 0 heterocycles. The molecule has 0 radical (unpaired) electrons. The molecule has 2 aromatic carbocycles. The Morgan fingerprint density at radius 3 is 1.90 bits per heavy atom. The number of benzene rings is 2. The van der Waals surface area contributed by atoms with Crippen LogP contribution < -0.4 is 10.1 Å². The third kappa shape index (κ3) is 5.13. The SMILES string of the molecule is CC(C)(C)NCc1ccc(Oc2ccc(I)cc2)cc1. The molecule has 106 valence electrons. The molecule has 2 rings (SSSR count). The molecular formula is C17H20INO. The molecule has 2 nitrogen and oxygen atoms in total. The maximum absolute atomic E-state index is 5.81. The summed E-state index contributed by atoms with van der Waals surface area (Å²) in [4.78, 5) is 0. The van der Waals surface area contributed by atoms with Gasteiger partial charge in [0.2, 0.25) is 0 Å². The maximum Gasteiger partial charge on any atom is 0.127 e. The Hall–Kier alpha value is -1.07. The normalized spacial score (nSPS) is 11.4. The van der Waals surface area contributed by atoms with Gasteiger partial charge in [0.05, 0.1) is 0 Å². The third-order valence-electron chi connectivity index (χ3n) is 2.80. The molecule has 2 aromatic rings. The van der Waals surface area contributed by atoms with Gasteiger partial charge in [0.15, 0.2) is 0 Å². The van der Waals surface area contributed by atoms with Crippen LogP contribution in [0.25, 0.3) is 0 Å². The zero-order chi connectivity index (χ0) is 14.6. The molecule has 20 heavy (non-hydrogen) atoms. The van der Waals surface area contributed by atoms with Crippen LogP contribution in [0.15, 0.2) is 48.5 Å². The lowest BCUT2D eigenvalue weighted by molar-refractivity contribution is 0.424. The van der Waals surface area contributed by atoms with E-state index in [1.807, 2.05) is 36.4 Å². The Labute approximate surface area is 134 Å². The van der Waals surface area contributed by atoms with E-state index in [0.717, 1.165) is 18.0 Å². The first kappa shape index (κ1) is 15.3. The van der Waals surface area contributed by atoms with Gasteiger partial charge in [0.1, 0.15) is 11.5 Å². The van der Waals surface area contributed by atoms with Crippen molar-refractivity contribution in [1.82, 2.24) is 5.32 Å². The van der Waals surface area contributed by atoms with Gasteiger partial charge in [-0.25, -0.2) is 0 Å². The molecule has 0 aliphatic rings. The number of ether oxygens (including phenoxy) is 1. The second kappa shape index (κ2) is 6.59. The van der Waals surface area contributed by atoms with Gasteiger partial charge < -0.3 is 10.1 Å². The highest BCUT2D eigenvalue weighted by atomic mass is 127. The topological polar surface area (TPSA) is 21.3 Å². The van der Waals surface area contributed by atoms with E-state index in [2.05, 4.69) is 60.8 Å². The fourth-order valence-electron chi connectivity index (χ4n) is 1.68. The highest BCUT2D eigenvalue weighted by Gasteiger charge is 2.08. The Balaban J connectivity index is 1.96. The summed E-state index contributed by atoms with van der Waals surface area (Å²) in [6.45, 7) is 7.37. The fraction of sp³-hybridized carbons (Fsp3) is 0.294. The van der Waals surface area contributed by atoms with Crippen LogP contribution >= 0.6 is 22.6 Å². The number of halogens is 1. The van der Waals surface area contributed by atoms with Gasteiger partial charge in [-0.1, -0.05) is 12.1 Å². The van der Waals surface area contributed by atoms with Crippen molar-refractivity contribution in [3.8, 4) is 11.5 Å². The molecule has 0 saturated carbocycles. The Morgan fingerprint density at radius 1 is 0.900 bits per heavy atom. The van der Waals surface area contributed by atoms with Crippen molar-refractivity contribution >= 4 is 22.6 Å². The molecule has 3 heteroatoms. The number of hydrogen-bond acceptors (Lipinski definition) is 2. The number of nitrogens with one attached hydrogen (secondary N) is 1. The van der Waals surface area contributed by atoms with Crippen molar-refractivity contribution < 1.29 is 4.74 Å². The van der Waals surface area contributed by atoms with Crippen LogP contribution in [-0.2, 0) is 6.54 Å². The van der Waals surface area contributed by atoms with Gasteiger partial charge in [-0.3, -0.25) is 0 Å². The van der Waals surface area contributed by atoms with E-state index >= 15 is 0 Å². The van der Waals surface area contributed by atoms with Crippen molar-refractivity contribution in [3.05, 3.63) is 57.7 Å². The minimum Gasteiger partial charge on any atom is -0.457 e. The zero-order valence-corrected chi connectivity index (χ0v) is 14.3. The van der Waals surface area contributed by atoms with Gasteiger partial charge in [0, 0.05) is 15.7 Å². The summed E-state index contributed by atoms with van der Waals surface area (Å²) in [6.07, 6.45) is 0. The van der Waals surface area contributed by atoms with Crippen LogP contribution in [0.4, 0.5) is 0 Å². The van der Waals surface area contributed by atoms with Gasteiger partial charge in [-0.05, 0) is 85.3 Å². The van der Waals surface area contributed by atoms with Crippen LogP contribution in [0.1, 0.15) is 26.3 Å². The molecule has 0 aliphatic heterocycles. The van der Waals surface area contributed by atoms with Crippen molar-refractivity contribution in [2.45, 2.75) is 32.9 Å². The summed E-state index contributed by atoms with van der Waals surface area (Å²) >= 11 is 2.28. The first-order valence-corrected chi connectivity index (χ1v) is 7.78. The molecule has 0 aromatic heterocycles. The van der Waals surface area contributed by atoms with Gasteiger partial charge >= 0.3 is 0 Å². The molecule has 0 bridgehead atoms. The largest absolute Gasteiger partial charge is 0.457 e. The summed E-state index contributed by atoms with van der Waals surface area (Å²) < 4.78 is 7.02. The quantitative estimate of drug-likeness (QED) is 0.755.